The summed E-state index contributed by atoms with van der Waals surface area (Å²) < 4.78 is 0. The molecule has 3 aliphatic rings. The first-order valence-electron chi connectivity index (χ1n) is 14.6. The molecule has 9 nitrogen and oxygen atoms in total. The maximum absolute atomic E-state index is 14.1. The molecule has 216 valence electrons. The van der Waals surface area contributed by atoms with E-state index in [1.165, 1.54) is 0 Å². The molecule has 0 spiro atoms. The van der Waals surface area contributed by atoms with Gasteiger partial charge in [0.25, 0.3) is 5.91 Å². The van der Waals surface area contributed by atoms with Gasteiger partial charge < -0.3 is 26.4 Å². The number of aliphatic hydroxyl groups excluding tert-OH is 1. The third kappa shape index (κ3) is 7.14. The quantitative estimate of drug-likeness (QED) is 0.302. The Hall–Kier alpha value is -2.00. The van der Waals surface area contributed by atoms with E-state index in [1.807, 2.05) is 41.5 Å². The third-order valence-electron chi connectivity index (χ3n) is 8.78. The number of carbonyl (C=O) groups is 4. The van der Waals surface area contributed by atoms with Crippen molar-refractivity contribution in [2.45, 2.75) is 123 Å². The Morgan fingerprint density at radius 3 is 2.29 bits per heavy atom. The molecule has 3 amide bonds. The highest BCUT2D eigenvalue weighted by atomic mass is 16.3. The van der Waals surface area contributed by atoms with Gasteiger partial charge in [-0.1, -0.05) is 54.4 Å². The van der Waals surface area contributed by atoms with Crippen LogP contribution in [0.2, 0.25) is 0 Å². The van der Waals surface area contributed by atoms with E-state index >= 15 is 0 Å². The lowest BCUT2D eigenvalue weighted by atomic mass is 9.75. The Balaban J connectivity index is 1.81. The Morgan fingerprint density at radius 2 is 1.74 bits per heavy atom. The van der Waals surface area contributed by atoms with E-state index in [0.717, 1.165) is 32.1 Å². The molecule has 9 heteroatoms. The number of aliphatic hydroxyl groups is 1. The van der Waals surface area contributed by atoms with Crippen molar-refractivity contribution in [1.29, 1.82) is 0 Å². The van der Waals surface area contributed by atoms with Crippen LogP contribution in [0.25, 0.3) is 0 Å². The Labute approximate surface area is 228 Å². The van der Waals surface area contributed by atoms with Crippen LogP contribution in [0.5, 0.6) is 0 Å². The number of hydrogen-bond donors (Lipinski definition) is 4. The van der Waals surface area contributed by atoms with Crippen LogP contribution < -0.4 is 16.4 Å². The fourth-order valence-corrected chi connectivity index (χ4v) is 6.13. The third-order valence-corrected chi connectivity index (χ3v) is 8.78. The number of ketones is 1. The molecule has 3 fully saturated rings. The zero-order chi connectivity index (χ0) is 28.4. The summed E-state index contributed by atoms with van der Waals surface area (Å²) in [5, 5.41) is 16.5. The molecule has 0 aromatic carbocycles. The summed E-state index contributed by atoms with van der Waals surface area (Å²) in [6.45, 7) is 12.1. The average molecular weight is 535 g/mol. The van der Waals surface area contributed by atoms with Crippen LogP contribution in [0.3, 0.4) is 0 Å². The molecule has 38 heavy (non-hydrogen) atoms. The first-order chi connectivity index (χ1) is 17.8. The first kappa shape index (κ1) is 30.5. The SMILES string of the molecule is CCCC(NC(=O)[C@@H]1[C@H]2CCC[C@H]2CN1C(=O)[C@H](CC(=O)[C@@H](N)C(C)C)C(C)(C)C)C(O)C(=O)NC1CC1. The minimum Gasteiger partial charge on any atom is -0.381 e. The molecule has 1 saturated heterocycles. The smallest absolute Gasteiger partial charge is 0.251 e. The first-order valence-corrected chi connectivity index (χ1v) is 14.6. The topological polar surface area (TPSA) is 142 Å². The normalized spacial score (nSPS) is 26.4. The van der Waals surface area contributed by atoms with Gasteiger partial charge in [-0.2, -0.15) is 0 Å². The summed E-state index contributed by atoms with van der Waals surface area (Å²) in [7, 11) is 0. The van der Waals surface area contributed by atoms with Crippen LogP contribution in [-0.4, -0.2) is 70.3 Å². The van der Waals surface area contributed by atoms with Gasteiger partial charge in [0.05, 0.1) is 12.1 Å². The molecule has 0 radical (unpaired) electrons. The van der Waals surface area contributed by atoms with E-state index in [-0.39, 0.29) is 47.8 Å². The van der Waals surface area contributed by atoms with Gasteiger partial charge in [0.2, 0.25) is 11.8 Å². The van der Waals surface area contributed by atoms with Crippen LogP contribution in [0.4, 0.5) is 0 Å². The minimum absolute atomic E-state index is 0.0260. The number of nitrogens with zero attached hydrogens (tertiary/aromatic N) is 1. The van der Waals surface area contributed by atoms with Crippen molar-refractivity contribution in [3.63, 3.8) is 0 Å². The predicted octanol–water partition coefficient (Wildman–Crippen LogP) is 2.14. The number of nitrogens with two attached hydrogens (primary N) is 1. The maximum Gasteiger partial charge on any atom is 0.251 e. The van der Waals surface area contributed by atoms with Gasteiger partial charge in [-0.05, 0) is 55.3 Å². The highest BCUT2D eigenvalue weighted by Crippen LogP contribution is 2.44. The second-order valence-electron chi connectivity index (χ2n) is 13.3. The van der Waals surface area contributed by atoms with Gasteiger partial charge in [-0.25, -0.2) is 0 Å². The predicted molar refractivity (Wildman–Crippen MR) is 146 cm³/mol. The number of Topliss-reactive ketones (excluding diaryl/α,β-unsaturated/α-hetero) is 1. The van der Waals surface area contributed by atoms with E-state index in [4.69, 9.17) is 5.73 Å². The van der Waals surface area contributed by atoms with Gasteiger partial charge in [-0.15, -0.1) is 0 Å². The highest BCUT2D eigenvalue weighted by Gasteiger charge is 2.52. The second-order valence-corrected chi connectivity index (χ2v) is 13.3. The molecule has 0 bridgehead atoms. The lowest BCUT2D eigenvalue weighted by Gasteiger charge is -2.37. The molecule has 1 heterocycles. The molecule has 5 N–H and O–H groups in total. The molecular weight excluding hydrogens is 484 g/mol. The summed E-state index contributed by atoms with van der Waals surface area (Å²) in [5.41, 5.74) is 5.63. The van der Waals surface area contributed by atoms with Crippen molar-refractivity contribution in [3.8, 4) is 0 Å². The summed E-state index contributed by atoms with van der Waals surface area (Å²) in [4.78, 5) is 55.1. The van der Waals surface area contributed by atoms with Gasteiger partial charge in [0.1, 0.15) is 6.04 Å². The summed E-state index contributed by atoms with van der Waals surface area (Å²) >= 11 is 0. The van der Waals surface area contributed by atoms with Crippen LogP contribution in [0, 0.1) is 29.1 Å². The summed E-state index contributed by atoms with van der Waals surface area (Å²) in [6, 6.07) is -1.93. The van der Waals surface area contributed by atoms with E-state index < -0.39 is 41.5 Å². The molecule has 0 aromatic rings. The molecule has 1 aliphatic heterocycles. The molecule has 3 rings (SSSR count). The zero-order valence-corrected chi connectivity index (χ0v) is 24.2. The van der Waals surface area contributed by atoms with E-state index in [0.29, 0.717) is 19.4 Å². The summed E-state index contributed by atoms with van der Waals surface area (Å²) in [5.74, 6) is -1.46. The van der Waals surface area contributed by atoms with Crippen LogP contribution >= 0.6 is 0 Å². The monoisotopic (exact) mass is 534 g/mol. The molecule has 2 unspecified atom stereocenters. The standard InChI is InChI=1S/C29H50N4O5/c1-7-9-21(25(35)27(37)31-18-12-13-18)32-26(36)24-19-11-8-10-17(19)15-33(24)28(38)20(29(4,5)6)14-22(34)23(30)16(2)3/h16-21,23-25,35H,7-15,30H2,1-6H3,(H,31,37)(H,32,36)/t17-,19-,20-,21?,23-,24-,25?/m0/s1. The number of fused-ring (bicyclic) bond motifs is 1. The minimum atomic E-state index is -1.35. The molecular formula is C29H50N4O5. The Morgan fingerprint density at radius 1 is 1.08 bits per heavy atom. The van der Waals surface area contributed by atoms with Crippen LogP contribution in [0.1, 0.15) is 92.9 Å². The molecule has 7 atom stereocenters. The highest BCUT2D eigenvalue weighted by molar-refractivity contribution is 5.94. The maximum atomic E-state index is 14.1. The average Bonchev–Trinajstić information content (AvgIpc) is 3.40. The molecule has 2 aliphatic carbocycles. The zero-order valence-electron chi connectivity index (χ0n) is 24.2. The van der Waals surface area contributed by atoms with E-state index in [2.05, 4.69) is 10.6 Å². The van der Waals surface area contributed by atoms with E-state index in [1.54, 1.807) is 4.90 Å². The van der Waals surface area contributed by atoms with Crippen molar-refractivity contribution in [1.82, 2.24) is 15.5 Å². The Kier molecular flexibility index (Phi) is 10.0. The Bertz CT molecular complexity index is 881. The van der Waals surface area contributed by atoms with Gasteiger partial charge >= 0.3 is 0 Å². The number of rotatable bonds is 12. The summed E-state index contributed by atoms with van der Waals surface area (Å²) in [6.07, 6.45) is 4.47. The second kappa shape index (κ2) is 12.5. The van der Waals surface area contributed by atoms with Crippen molar-refractivity contribution in [3.05, 3.63) is 0 Å². The van der Waals surface area contributed by atoms with Crippen molar-refractivity contribution >= 4 is 23.5 Å². The van der Waals surface area contributed by atoms with Gasteiger partial charge in [0.15, 0.2) is 11.9 Å². The van der Waals surface area contributed by atoms with Crippen LogP contribution in [0.15, 0.2) is 0 Å². The van der Waals surface area contributed by atoms with E-state index in [9.17, 15) is 24.3 Å². The lowest BCUT2D eigenvalue weighted by Crippen LogP contribution is -2.57. The fourth-order valence-electron chi connectivity index (χ4n) is 6.13. The lowest BCUT2D eigenvalue weighted by molar-refractivity contribution is -0.148. The number of carbonyl (C=O) groups excluding carboxylic acids is 4. The van der Waals surface area contributed by atoms with Crippen LogP contribution in [-0.2, 0) is 19.2 Å². The number of likely N-dealkylation sites (tertiary alicyclic amines) is 1. The van der Waals surface area contributed by atoms with Crippen molar-refractivity contribution in [2.75, 3.05) is 6.54 Å². The van der Waals surface area contributed by atoms with Crippen molar-refractivity contribution in [2.24, 2.45) is 34.8 Å². The largest absolute Gasteiger partial charge is 0.381 e. The number of hydrogen-bond acceptors (Lipinski definition) is 6. The molecule has 0 aromatic heterocycles. The molecule has 2 saturated carbocycles. The number of nitrogens with one attached hydrogen (secondary N) is 2. The number of amides is 3. The van der Waals surface area contributed by atoms with Crippen molar-refractivity contribution < 1.29 is 24.3 Å². The fraction of sp³-hybridized carbons (Fsp3) is 0.862. The van der Waals surface area contributed by atoms with Gasteiger partial charge in [-0.3, -0.25) is 19.2 Å². The van der Waals surface area contributed by atoms with Gasteiger partial charge in [0, 0.05) is 24.9 Å².